The van der Waals surface area contributed by atoms with Crippen molar-refractivity contribution in [1.82, 2.24) is 4.98 Å². The minimum absolute atomic E-state index is 0.322. The van der Waals surface area contributed by atoms with Gasteiger partial charge in [-0.25, -0.2) is 9.78 Å². The Kier molecular flexibility index (Phi) is 6.69. The van der Waals surface area contributed by atoms with Gasteiger partial charge in [0.05, 0.1) is 30.9 Å². The molecular weight excluding hydrogens is 474 g/mol. The molecule has 0 radical (unpaired) electrons. The summed E-state index contributed by atoms with van der Waals surface area (Å²) < 4.78 is 17.6. The predicted octanol–water partition coefficient (Wildman–Crippen LogP) is 7.49. The Morgan fingerprint density at radius 1 is 0.868 bits per heavy atom. The molecule has 38 heavy (non-hydrogen) atoms. The molecule has 1 aliphatic rings. The molecule has 4 aromatic carbocycles. The van der Waals surface area contributed by atoms with E-state index in [-0.39, 0.29) is 5.97 Å². The zero-order valence-electron chi connectivity index (χ0n) is 21.1. The molecule has 1 atom stereocenters. The summed E-state index contributed by atoms with van der Waals surface area (Å²) in [4.78, 5) is 17.5. The molecule has 1 aromatic heterocycles. The highest BCUT2D eigenvalue weighted by Gasteiger charge is 2.26. The highest BCUT2D eigenvalue weighted by atomic mass is 16.7. The molecule has 188 valence electrons. The van der Waals surface area contributed by atoms with Gasteiger partial charge in [0, 0.05) is 10.9 Å². The second-order valence-electron chi connectivity index (χ2n) is 9.23. The SMILES string of the molecule is CCOC(=O)c1ccccc1-c1cc(COC2OCc3cc4ccccc4nc32)cc(-c2ccccc2)c1. The molecule has 0 saturated carbocycles. The number of benzene rings is 4. The van der Waals surface area contributed by atoms with Crippen molar-refractivity contribution in [1.29, 1.82) is 0 Å². The Labute approximate surface area is 221 Å². The molecule has 5 heteroatoms. The third-order valence-electron chi connectivity index (χ3n) is 6.68. The van der Waals surface area contributed by atoms with E-state index in [1.165, 1.54) is 0 Å². The average Bonchev–Trinajstić information content (AvgIpc) is 3.37. The standard InChI is InChI=1S/C33H27NO4/c1-2-36-32(35)29-14-8-7-13-28(29)26-17-22(16-25(19-26)23-10-4-3-5-11-23)20-37-33-31-27(21-38-33)18-24-12-6-9-15-30(24)34-31/h3-19,33H,2,20-21H2,1H3. The molecule has 0 N–H and O–H groups in total. The van der Waals surface area contributed by atoms with Gasteiger partial charge in [-0.1, -0.05) is 66.7 Å². The minimum atomic E-state index is -0.537. The first kappa shape index (κ1) is 24.0. The van der Waals surface area contributed by atoms with Crippen LogP contribution >= 0.6 is 0 Å². The number of carbonyl (C=O) groups excluding carboxylic acids is 1. The molecule has 1 unspecified atom stereocenters. The minimum Gasteiger partial charge on any atom is -0.462 e. The van der Waals surface area contributed by atoms with E-state index in [4.69, 9.17) is 19.2 Å². The van der Waals surface area contributed by atoms with Crippen molar-refractivity contribution in [2.24, 2.45) is 0 Å². The predicted molar refractivity (Wildman–Crippen MR) is 147 cm³/mol. The van der Waals surface area contributed by atoms with E-state index in [0.29, 0.717) is 25.4 Å². The summed E-state index contributed by atoms with van der Waals surface area (Å²) in [5.41, 5.74) is 8.18. The second-order valence-corrected chi connectivity index (χ2v) is 9.23. The average molecular weight is 502 g/mol. The Bertz CT molecular complexity index is 1610. The smallest absolute Gasteiger partial charge is 0.338 e. The fraction of sp³-hybridized carbons (Fsp3) is 0.152. The number of fused-ring (bicyclic) bond motifs is 2. The second kappa shape index (κ2) is 10.6. The van der Waals surface area contributed by atoms with Crippen molar-refractivity contribution >= 4 is 16.9 Å². The summed E-state index contributed by atoms with van der Waals surface area (Å²) in [6.07, 6.45) is -0.537. The molecule has 0 amide bonds. The molecule has 0 fully saturated rings. The lowest BCUT2D eigenvalue weighted by Gasteiger charge is -2.16. The van der Waals surface area contributed by atoms with Crippen LogP contribution in [0.25, 0.3) is 33.2 Å². The van der Waals surface area contributed by atoms with Gasteiger partial charge in [-0.15, -0.1) is 0 Å². The molecule has 2 heterocycles. The summed E-state index contributed by atoms with van der Waals surface area (Å²) >= 11 is 0. The first-order chi connectivity index (χ1) is 18.7. The third kappa shape index (κ3) is 4.82. The van der Waals surface area contributed by atoms with Crippen molar-refractivity contribution in [3.63, 3.8) is 0 Å². The van der Waals surface area contributed by atoms with Gasteiger partial charge in [-0.2, -0.15) is 0 Å². The Morgan fingerprint density at radius 2 is 1.63 bits per heavy atom. The van der Waals surface area contributed by atoms with E-state index in [2.05, 4.69) is 42.5 Å². The van der Waals surface area contributed by atoms with Crippen LogP contribution in [0.2, 0.25) is 0 Å². The number of carbonyl (C=O) groups is 1. The molecule has 0 saturated heterocycles. The van der Waals surface area contributed by atoms with Crippen LogP contribution in [0.1, 0.15) is 40.4 Å². The summed E-state index contributed by atoms with van der Waals surface area (Å²) in [5.74, 6) is -0.333. The molecule has 0 aliphatic carbocycles. The van der Waals surface area contributed by atoms with E-state index in [9.17, 15) is 4.79 Å². The van der Waals surface area contributed by atoms with Crippen LogP contribution in [-0.4, -0.2) is 17.6 Å². The van der Waals surface area contributed by atoms with E-state index in [1.807, 2.05) is 61.5 Å². The number of hydrogen-bond donors (Lipinski definition) is 0. The lowest BCUT2D eigenvalue weighted by atomic mass is 9.93. The molecule has 5 nitrogen and oxygen atoms in total. The molecule has 6 rings (SSSR count). The van der Waals surface area contributed by atoms with Crippen molar-refractivity contribution in [2.45, 2.75) is 26.4 Å². The Hall–Kier alpha value is -4.32. The van der Waals surface area contributed by atoms with Crippen molar-refractivity contribution in [3.05, 3.63) is 126 Å². The van der Waals surface area contributed by atoms with Gasteiger partial charge in [0.1, 0.15) is 5.69 Å². The number of esters is 1. The monoisotopic (exact) mass is 501 g/mol. The maximum absolute atomic E-state index is 12.7. The normalized spacial score (nSPS) is 14.4. The lowest BCUT2D eigenvalue weighted by molar-refractivity contribution is -0.147. The van der Waals surface area contributed by atoms with Crippen molar-refractivity contribution < 1.29 is 19.0 Å². The Balaban J connectivity index is 1.35. The number of rotatable bonds is 7. The van der Waals surface area contributed by atoms with E-state index < -0.39 is 6.29 Å². The van der Waals surface area contributed by atoms with Crippen LogP contribution in [0.4, 0.5) is 0 Å². The molecule has 0 bridgehead atoms. The number of aromatic nitrogens is 1. The highest BCUT2D eigenvalue weighted by Crippen LogP contribution is 2.35. The first-order valence-electron chi connectivity index (χ1n) is 12.8. The van der Waals surface area contributed by atoms with Gasteiger partial charge < -0.3 is 14.2 Å². The molecule has 5 aromatic rings. The Morgan fingerprint density at radius 3 is 2.50 bits per heavy atom. The van der Waals surface area contributed by atoms with Gasteiger partial charge in [-0.05, 0) is 71.1 Å². The molecular formula is C33H27NO4. The largest absolute Gasteiger partial charge is 0.462 e. The lowest BCUT2D eigenvalue weighted by Crippen LogP contribution is -2.07. The van der Waals surface area contributed by atoms with Crippen molar-refractivity contribution in [2.75, 3.05) is 6.61 Å². The van der Waals surface area contributed by atoms with Crippen LogP contribution in [0, 0.1) is 0 Å². The summed E-state index contributed by atoms with van der Waals surface area (Å²) in [6, 6.07) is 34.2. The van der Waals surface area contributed by atoms with E-state index in [0.717, 1.165) is 50.0 Å². The summed E-state index contributed by atoms with van der Waals surface area (Å²) in [6.45, 7) is 2.93. The third-order valence-corrected chi connectivity index (χ3v) is 6.68. The van der Waals surface area contributed by atoms with Gasteiger partial charge in [0.15, 0.2) is 0 Å². The van der Waals surface area contributed by atoms with Gasteiger partial charge in [-0.3, -0.25) is 0 Å². The zero-order valence-corrected chi connectivity index (χ0v) is 21.1. The number of para-hydroxylation sites is 1. The fourth-order valence-electron chi connectivity index (χ4n) is 4.89. The number of pyridine rings is 1. The van der Waals surface area contributed by atoms with Gasteiger partial charge in [0.2, 0.25) is 6.29 Å². The number of hydrogen-bond acceptors (Lipinski definition) is 5. The number of nitrogens with zero attached hydrogens (tertiary/aromatic N) is 1. The summed E-state index contributed by atoms with van der Waals surface area (Å²) in [5, 5.41) is 1.09. The quantitative estimate of drug-likeness (QED) is 0.216. The van der Waals surface area contributed by atoms with Crippen LogP contribution < -0.4 is 0 Å². The molecule has 1 aliphatic heterocycles. The molecule has 0 spiro atoms. The first-order valence-corrected chi connectivity index (χ1v) is 12.8. The van der Waals surface area contributed by atoms with Crippen molar-refractivity contribution in [3.8, 4) is 22.3 Å². The van der Waals surface area contributed by atoms with Crippen LogP contribution in [-0.2, 0) is 27.4 Å². The van der Waals surface area contributed by atoms with E-state index in [1.54, 1.807) is 6.07 Å². The topological polar surface area (TPSA) is 57.7 Å². The maximum Gasteiger partial charge on any atom is 0.338 e. The fourth-order valence-corrected chi connectivity index (χ4v) is 4.89. The van der Waals surface area contributed by atoms with Crippen LogP contribution in [0.3, 0.4) is 0 Å². The van der Waals surface area contributed by atoms with Gasteiger partial charge >= 0.3 is 5.97 Å². The zero-order chi connectivity index (χ0) is 25.9. The summed E-state index contributed by atoms with van der Waals surface area (Å²) in [7, 11) is 0. The number of ether oxygens (including phenoxy) is 3. The van der Waals surface area contributed by atoms with Crippen LogP contribution in [0.5, 0.6) is 0 Å². The highest BCUT2D eigenvalue weighted by molar-refractivity contribution is 5.97. The van der Waals surface area contributed by atoms with E-state index >= 15 is 0 Å². The van der Waals surface area contributed by atoms with Crippen LogP contribution in [0.15, 0.2) is 103 Å². The maximum atomic E-state index is 12.7. The van der Waals surface area contributed by atoms with Gasteiger partial charge in [0.25, 0.3) is 0 Å².